The van der Waals surface area contributed by atoms with E-state index < -0.39 is 36.2 Å². The zero-order valence-electron chi connectivity index (χ0n) is 27.7. The first kappa shape index (κ1) is 41.7. The van der Waals surface area contributed by atoms with Crippen LogP contribution in [0.5, 0.6) is 0 Å². The van der Waals surface area contributed by atoms with Gasteiger partial charge in [0.25, 0.3) is 0 Å². The molecule has 41 heavy (non-hydrogen) atoms. The first-order valence-corrected chi connectivity index (χ1v) is 22.2. The Morgan fingerprint density at radius 3 is 0.756 bits per heavy atom. The van der Waals surface area contributed by atoms with Gasteiger partial charge in [0, 0.05) is 0 Å². The molecule has 0 N–H and O–H groups in total. The Morgan fingerprint density at radius 1 is 0.366 bits per heavy atom. The molecule has 0 radical (unpaired) electrons. The van der Waals surface area contributed by atoms with E-state index in [-0.39, 0.29) is 0 Å². The Labute approximate surface area is 259 Å². The molecule has 0 rings (SSSR count). The van der Waals surface area contributed by atoms with Crippen LogP contribution in [0.15, 0.2) is 0 Å². The minimum atomic E-state index is -4.75. The molecule has 0 fully saturated rings. The van der Waals surface area contributed by atoms with Crippen LogP contribution in [-0.4, -0.2) is 71.0 Å². The maximum absolute atomic E-state index is 6.81. The average molecular weight is 665 g/mol. The van der Waals surface area contributed by atoms with Crippen molar-refractivity contribution < 1.29 is 57.3 Å². The van der Waals surface area contributed by atoms with Crippen molar-refractivity contribution in [1.82, 2.24) is 0 Å². The molecule has 13 heteroatoms. The van der Waals surface area contributed by atoms with Crippen LogP contribution in [0.4, 0.5) is 0 Å². The summed E-state index contributed by atoms with van der Waals surface area (Å²) in [7, 11) is -7.53. The number of hydrogen-bond donors (Lipinski definition) is 0. The van der Waals surface area contributed by atoms with Gasteiger partial charge in [0.15, 0.2) is 0 Å². The summed E-state index contributed by atoms with van der Waals surface area (Å²) in [6.45, 7) is 19.7. The van der Waals surface area contributed by atoms with Crippen LogP contribution in [0.3, 0.4) is 0 Å². The Morgan fingerprint density at radius 2 is 0.585 bits per heavy atom. The summed E-state index contributed by atoms with van der Waals surface area (Å²) in [5, 5.41) is 0. The quantitative estimate of drug-likeness (QED) is 0.0527. The van der Waals surface area contributed by atoms with Gasteiger partial charge in [0.1, 0.15) is 0 Å². The average Bonchev–Trinajstić information content (AvgIpc) is 2.94. The van der Waals surface area contributed by atoms with Crippen molar-refractivity contribution in [2.24, 2.45) is 0 Å². The second-order valence-electron chi connectivity index (χ2n) is 9.78. The Kier molecular flexibility index (Phi) is 27.6. The first-order chi connectivity index (χ1) is 19.9. The molecule has 10 nitrogen and oxygen atoms in total. The fourth-order valence-electron chi connectivity index (χ4n) is 3.32. The van der Waals surface area contributed by atoms with Gasteiger partial charge in [-0.1, -0.05) is 0 Å². The van der Waals surface area contributed by atoms with E-state index in [9.17, 15) is 0 Å². The van der Waals surface area contributed by atoms with Crippen molar-refractivity contribution in [1.29, 1.82) is 0 Å². The van der Waals surface area contributed by atoms with Gasteiger partial charge in [0.05, 0.1) is 0 Å². The molecule has 0 aromatic rings. The summed E-state index contributed by atoms with van der Waals surface area (Å²) in [6, 6.07) is 0. The maximum atomic E-state index is 6.81. The molecule has 0 atom stereocenters. The fraction of sp³-hybridized carbons (Fsp3) is 1.00. The van der Waals surface area contributed by atoms with Crippen LogP contribution in [0.2, 0.25) is 0 Å². The molecular formula is C28H64O10Si2Ti. The predicted molar refractivity (Wildman–Crippen MR) is 162 cm³/mol. The molecule has 0 aromatic carbocycles. The molecule has 0 saturated heterocycles. The van der Waals surface area contributed by atoms with Crippen molar-refractivity contribution >= 4 is 18.1 Å². The van der Waals surface area contributed by atoms with Gasteiger partial charge in [-0.15, -0.1) is 0 Å². The molecule has 0 aliphatic carbocycles. The second-order valence-corrected chi connectivity index (χ2v) is 18.3. The van der Waals surface area contributed by atoms with Gasteiger partial charge in [-0.05, 0) is 0 Å². The molecule has 0 aliphatic rings. The molecule has 0 aromatic heterocycles. The SMILES string of the molecule is CCCCO[Si](OCCCC)(OCCCC)[O][Ti]([O]CC)([O]CC)[O][Si](OCCCC)(OCCCC)OCCCC. The predicted octanol–water partition coefficient (Wildman–Crippen LogP) is 7.68. The normalized spacial score (nSPS) is 12.9. The molecular weight excluding hydrogens is 600 g/mol. The van der Waals surface area contributed by atoms with E-state index in [0.29, 0.717) is 52.9 Å². The van der Waals surface area contributed by atoms with Crippen LogP contribution in [-0.2, 0) is 57.3 Å². The van der Waals surface area contributed by atoms with Crippen molar-refractivity contribution in [2.45, 2.75) is 132 Å². The standard InChI is InChI=1S/2C12H27O4Si.2C2H5O.Ti/c2*1-4-7-10-14-17(13,15-11-8-5-2)16-12-9-6-3;2*1-2-3;/h2*4-12H2,1-3H3;2*2H2,1H3;/q4*-1;+4. The molecule has 0 heterocycles. The van der Waals surface area contributed by atoms with Crippen molar-refractivity contribution in [3.8, 4) is 0 Å². The van der Waals surface area contributed by atoms with E-state index in [1.807, 2.05) is 13.8 Å². The number of unbranched alkanes of at least 4 members (excludes halogenated alkanes) is 6. The summed E-state index contributed by atoms with van der Waals surface area (Å²) in [5.41, 5.74) is 0. The minimum absolute atomic E-state index is 0.298. The molecule has 248 valence electrons. The molecule has 0 spiro atoms. The summed E-state index contributed by atoms with van der Waals surface area (Å²) < 4.78 is 64.6. The topological polar surface area (TPSA) is 92.3 Å². The van der Waals surface area contributed by atoms with Gasteiger partial charge in [-0.3, -0.25) is 0 Å². The summed E-state index contributed by atoms with van der Waals surface area (Å²) >= 11 is -4.75. The second kappa shape index (κ2) is 27.1. The Hall–Kier alpha value is 0.748. The molecule has 0 amide bonds. The first-order valence-electron chi connectivity index (χ1n) is 16.4. The van der Waals surface area contributed by atoms with E-state index in [2.05, 4.69) is 41.5 Å². The fourth-order valence-corrected chi connectivity index (χ4v) is 15.0. The summed E-state index contributed by atoms with van der Waals surface area (Å²) in [6.07, 6.45) is 10.8. The zero-order valence-corrected chi connectivity index (χ0v) is 31.3. The van der Waals surface area contributed by atoms with Crippen molar-refractivity contribution in [3.05, 3.63) is 0 Å². The van der Waals surface area contributed by atoms with Crippen LogP contribution < -0.4 is 0 Å². The van der Waals surface area contributed by atoms with E-state index >= 15 is 0 Å². The Bertz CT molecular complexity index is 479. The third kappa shape index (κ3) is 19.0. The third-order valence-electron chi connectivity index (χ3n) is 5.80. The van der Waals surface area contributed by atoms with Gasteiger partial charge < -0.3 is 0 Å². The number of hydrogen-bond acceptors (Lipinski definition) is 10. The van der Waals surface area contributed by atoms with Gasteiger partial charge in [-0.25, -0.2) is 0 Å². The van der Waals surface area contributed by atoms with Crippen LogP contribution in [0, 0.1) is 0 Å². The Balaban J connectivity index is 6.67. The van der Waals surface area contributed by atoms with Crippen LogP contribution in [0.25, 0.3) is 0 Å². The summed E-state index contributed by atoms with van der Waals surface area (Å²) in [4.78, 5) is 0. The van der Waals surface area contributed by atoms with Gasteiger partial charge >= 0.3 is 261 Å². The van der Waals surface area contributed by atoms with Crippen LogP contribution >= 0.6 is 0 Å². The number of rotatable bonds is 32. The zero-order chi connectivity index (χ0) is 30.7. The van der Waals surface area contributed by atoms with E-state index in [0.717, 1.165) is 77.0 Å². The van der Waals surface area contributed by atoms with E-state index in [1.54, 1.807) is 0 Å². The van der Waals surface area contributed by atoms with Gasteiger partial charge in [-0.2, -0.15) is 0 Å². The van der Waals surface area contributed by atoms with E-state index in [4.69, 9.17) is 39.2 Å². The van der Waals surface area contributed by atoms with Crippen molar-refractivity contribution in [2.75, 3.05) is 52.9 Å². The van der Waals surface area contributed by atoms with Crippen LogP contribution in [0.1, 0.15) is 132 Å². The summed E-state index contributed by atoms with van der Waals surface area (Å²) in [5.74, 6) is 0. The monoisotopic (exact) mass is 664 g/mol. The van der Waals surface area contributed by atoms with Gasteiger partial charge in [0.2, 0.25) is 0 Å². The third-order valence-corrected chi connectivity index (χ3v) is 16.8. The molecule has 0 unspecified atom stereocenters. The van der Waals surface area contributed by atoms with Crippen molar-refractivity contribution in [3.63, 3.8) is 0 Å². The molecule has 0 saturated carbocycles. The van der Waals surface area contributed by atoms with E-state index in [1.165, 1.54) is 0 Å². The molecule has 0 bridgehead atoms. The molecule has 0 aliphatic heterocycles.